The van der Waals surface area contributed by atoms with Crippen LogP contribution in [-0.2, 0) is 35.3 Å². The van der Waals surface area contributed by atoms with Crippen molar-refractivity contribution in [2.24, 2.45) is 213 Å². The molecule has 135 heavy (non-hydrogen) atoms. The molecule has 7 aromatic carbocycles. The molecular formula is C125H181NO9. The molecule has 20 bridgehead atoms. The fourth-order valence-corrected chi connectivity index (χ4v) is 33.7. The van der Waals surface area contributed by atoms with Crippen molar-refractivity contribution in [3.63, 3.8) is 0 Å². The number of rotatable bonds is 9. The van der Waals surface area contributed by atoms with Gasteiger partial charge in [0.1, 0.15) is 0 Å². The van der Waals surface area contributed by atoms with Crippen LogP contribution in [0, 0.1) is 213 Å². The van der Waals surface area contributed by atoms with E-state index in [-0.39, 0.29) is 23.7 Å². The first-order chi connectivity index (χ1) is 66.8. The topological polar surface area (TPSA) is 179 Å². The molecular weight excluding hydrogens is 1660 g/mol. The maximum absolute atomic E-state index is 13.1. The zero-order valence-corrected chi connectivity index (χ0v) is 86.9. The van der Waals surface area contributed by atoms with E-state index in [9.17, 15) is 9.59 Å². The first-order valence-electron chi connectivity index (χ1n) is 54.3. The highest BCUT2D eigenvalue weighted by molar-refractivity contribution is 6.22. The summed E-state index contributed by atoms with van der Waals surface area (Å²) < 4.78 is 0. The van der Waals surface area contributed by atoms with E-state index >= 15 is 0 Å². The van der Waals surface area contributed by atoms with E-state index in [0.717, 1.165) is 228 Å². The van der Waals surface area contributed by atoms with Crippen LogP contribution in [-0.4, -0.2) is 97.3 Å². The Morgan fingerprint density at radius 2 is 0.430 bits per heavy atom. The molecule has 740 valence electrons. The van der Waals surface area contributed by atoms with Crippen molar-refractivity contribution in [2.45, 2.75) is 213 Å². The molecule has 0 spiro atoms. The van der Waals surface area contributed by atoms with Gasteiger partial charge in [0.15, 0.2) is 0 Å². The summed E-state index contributed by atoms with van der Waals surface area (Å²) in [4.78, 5) is 27.6. The fraction of sp³-hybridized carbons (Fsp3) is 0.600. The van der Waals surface area contributed by atoms with E-state index in [1.54, 1.807) is 47.9 Å². The van der Waals surface area contributed by atoms with Gasteiger partial charge in [0, 0.05) is 49.8 Å². The Labute approximate surface area is 818 Å². The van der Waals surface area contributed by atoms with Gasteiger partial charge in [-0.15, -0.1) is 0 Å². The van der Waals surface area contributed by atoms with Gasteiger partial charge in [-0.1, -0.05) is 321 Å². The predicted octanol–water partition coefficient (Wildman–Crippen LogP) is 26.9. The maximum atomic E-state index is 13.1. The number of imide groups is 1. The Hall–Kier alpha value is -7.38. The van der Waals surface area contributed by atoms with Crippen molar-refractivity contribution in [3.8, 4) is 0 Å². The average Bonchev–Trinajstić information content (AvgIpc) is 1.51. The van der Waals surface area contributed by atoms with Gasteiger partial charge in [-0.2, -0.15) is 0 Å². The van der Waals surface area contributed by atoms with Gasteiger partial charge >= 0.3 is 0 Å². The molecule has 36 unspecified atom stereocenters. The Kier molecular flexibility index (Phi) is 43.3. The van der Waals surface area contributed by atoms with E-state index in [2.05, 4.69) is 206 Å². The number of benzene rings is 7. The second-order valence-corrected chi connectivity index (χ2v) is 40.2. The van der Waals surface area contributed by atoms with E-state index < -0.39 is 0 Å². The van der Waals surface area contributed by atoms with Gasteiger partial charge in [0.2, 0.25) is 11.8 Å². The number of hydrogen-bond acceptors (Lipinski definition) is 9. The van der Waals surface area contributed by atoms with Gasteiger partial charge in [-0.3, -0.25) is 14.5 Å². The van der Waals surface area contributed by atoms with E-state index in [0.29, 0.717) is 35.5 Å². The number of aliphatic hydroxyl groups is 7. The van der Waals surface area contributed by atoms with Crippen LogP contribution in [0.4, 0.5) is 5.69 Å². The Bertz CT molecular complexity index is 4530. The largest absolute Gasteiger partial charge is 0.400 e. The van der Waals surface area contributed by atoms with Crippen molar-refractivity contribution in [1.29, 1.82) is 0 Å². The standard InChI is InChI=1S/2C23H24.C20H19NO2.2C19H22.7C2H6.7CH4O/c2*1-2-4-16-9-14(5-6-15(16)3-1)10-19-12-20-13-21(19)23-18-8-7-17(11-18)22(20)23;22-19-17-13-9-14(16-11-7-6-10(8-11)15(13)16)18(17)20(23)21(19)12-4-2-1-3-5-12;2*1-2-4-12(5-3-1)8-15-10-16-11-17(15)19-14-7-6-13(9-14)18(16)19;14*1-2/h2*1-9,17-23H,10-13H2;1-7,10-11,13-18H,8-9H2;2*1-7,13-19H,8-11H2;7*1-2H3;7*2H,1H3. The normalized spacial score (nSPS) is 37.2. The van der Waals surface area contributed by atoms with Crippen molar-refractivity contribution < 1.29 is 45.3 Å². The molecule has 7 N–H and O–H groups in total. The highest BCUT2D eigenvalue weighted by Gasteiger charge is 2.72. The van der Waals surface area contributed by atoms with Crippen LogP contribution in [0.2, 0.25) is 0 Å². The summed E-state index contributed by atoms with van der Waals surface area (Å²) in [6.45, 7) is 28.0. The molecule has 36 atom stereocenters. The number of anilines is 1. The van der Waals surface area contributed by atoms with Gasteiger partial charge in [-0.25, -0.2) is 0 Å². The number of para-hydroxylation sites is 1. The fourth-order valence-electron chi connectivity index (χ4n) is 33.7. The summed E-state index contributed by atoms with van der Waals surface area (Å²) in [6, 6.07) is 63.7. The summed E-state index contributed by atoms with van der Waals surface area (Å²) in [7, 11) is 7.00. The quantitative estimate of drug-likeness (QED) is 0.0421. The average molecular weight is 1840 g/mol. The molecule has 20 aliphatic carbocycles. The zero-order valence-electron chi connectivity index (χ0n) is 86.9. The molecule has 16 fully saturated rings. The monoisotopic (exact) mass is 1840 g/mol. The van der Waals surface area contributed by atoms with Crippen LogP contribution in [0.15, 0.2) is 237 Å². The number of carbonyl (C=O) groups excluding carboxylic acids is 2. The number of amides is 2. The summed E-state index contributed by atoms with van der Waals surface area (Å²) in [5.41, 5.74) is 7.01. The maximum Gasteiger partial charge on any atom is 0.237 e. The van der Waals surface area contributed by atoms with Crippen LogP contribution >= 0.6 is 0 Å². The Morgan fingerprint density at radius 1 is 0.215 bits per heavy atom. The third-order valence-corrected chi connectivity index (χ3v) is 36.4. The third-order valence-electron chi connectivity index (χ3n) is 36.4. The number of carbonyl (C=O) groups is 2. The van der Waals surface area contributed by atoms with Crippen molar-refractivity contribution in [2.75, 3.05) is 54.7 Å². The van der Waals surface area contributed by atoms with E-state index in [1.807, 2.05) is 127 Å². The minimum Gasteiger partial charge on any atom is -0.400 e. The molecule has 10 nitrogen and oxygen atoms in total. The molecule has 7 aromatic rings. The highest BCUT2D eigenvalue weighted by Crippen LogP contribution is 2.73. The molecule has 1 aliphatic heterocycles. The molecule has 2 amide bonds. The van der Waals surface area contributed by atoms with E-state index in [1.165, 1.54) is 110 Å². The van der Waals surface area contributed by atoms with Crippen molar-refractivity contribution in [1.82, 2.24) is 0 Å². The molecule has 15 saturated carbocycles. The molecule has 21 aliphatic rings. The smallest absolute Gasteiger partial charge is 0.237 e. The zero-order chi connectivity index (χ0) is 98.0. The second kappa shape index (κ2) is 53.3. The van der Waals surface area contributed by atoms with E-state index in [4.69, 9.17) is 35.7 Å². The third kappa shape index (κ3) is 21.6. The van der Waals surface area contributed by atoms with Gasteiger partial charge in [0.05, 0.1) is 17.5 Å². The summed E-state index contributed by atoms with van der Waals surface area (Å²) >= 11 is 0. The van der Waals surface area contributed by atoms with Crippen LogP contribution in [0.25, 0.3) is 21.5 Å². The Balaban J connectivity index is 0.000000164. The summed E-state index contributed by atoms with van der Waals surface area (Å²) in [6.07, 6.45) is 51.2. The van der Waals surface area contributed by atoms with Crippen LogP contribution in [0.5, 0.6) is 0 Å². The number of nitrogens with zero attached hydrogens (tertiary/aromatic N) is 1. The molecule has 0 aromatic heterocycles. The van der Waals surface area contributed by atoms with Gasteiger partial charge < -0.3 is 35.7 Å². The molecule has 1 heterocycles. The predicted molar refractivity (Wildman–Crippen MR) is 567 cm³/mol. The first kappa shape index (κ1) is 110. The van der Waals surface area contributed by atoms with Crippen LogP contribution < -0.4 is 4.90 Å². The molecule has 1 saturated heterocycles. The number of aliphatic hydroxyl groups excluding tert-OH is 7. The molecule has 0 radical (unpaired) electrons. The lowest BCUT2D eigenvalue weighted by Crippen LogP contribution is -2.38. The van der Waals surface area contributed by atoms with Crippen LogP contribution in [0.1, 0.15) is 209 Å². The minimum atomic E-state index is -0.0401. The van der Waals surface area contributed by atoms with Gasteiger partial charge in [-0.05, 0) is 373 Å². The molecule has 28 rings (SSSR count). The minimum absolute atomic E-state index is 0.0401. The Morgan fingerprint density at radius 3 is 0.689 bits per heavy atom. The second-order valence-electron chi connectivity index (χ2n) is 40.2. The lowest BCUT2D eigenvalue weighted by atomic mass is 9.65. The summed E-state index contributed by atoms with van der Waals surface area (Å²) in [5, 5.41) is 54.6. The van der Waals surface area contributed by atoms with Crippen LogP contribution in [0.3, 0.4) is 0 Å². The van der Waals surface area contributed by atoms with Crippen molar-refractivity contribution >= 4 is 39.0 Å². The lowest BCUT2D eigenvalue weighted by molar-refractivity contribution is -0.123. The number of hydrogen-bond donors (Lipinski definition) is 7. The van der Waals surface area contributed by atoms with Gasteiger partial charge in [0.25, 0.3) is 0 Å². The summed E-state index contributed by atoms with van der Waals surface area (Å²) in [5.74, 6) is 32.2. The lowest BCUT2D eigenvalue weighted by Gasteiger charge is -2.36. The first-order valence-corrected chi connectivity index (χ1v) is 54.3. The number of fused-ring (bicyclic) bond motifs is 50. The highest BCUT2D eigenvalue weighted by atomic mass is 16.2. The number of allylic oxidation sites excluding steroid dienone is 10. The molecule has 10 heteroatoms. The SMILES string of the molecule is C1=CC2CC1C1C3CC(Cc4ccc5ccccc5c4)C(C3)C21.C1=CC2CC1C1C3CC(Cc4ccc5ccccc5c4)C(C3)C21.C1=CC2CC1C1C3CC(Cc4ccccc4)C(C3)C21.C1=CC2CC1C1C3CC(Cc4ccccc4)C(C3)C21.CC.CC.CC.CC.CC.CC.CC.CO.CO.CO.CO.CO.CO.CO.O=C1C2C3CC(C2C(=O)N1c1ccccc1)C1C2C=CC(C2)C31. The van der Waals surface area contributed by atoms with Crippen molar-refractivity contribution in [3.05, 3.63) is 259 Å².